The lowest BCUT2D eigenvalue weighted by Crippen LogP contribution is -2.16. The van der Waals surface area contributed by atoms with Crippen molar-refractivity contribution in [2.45, 2.75) is 26.3 Å². The molecule has 1 aromatic heterocycles. The number of nitrogens with two attached hydrogens (primary N) is 1. The van der Waals surface area contributed by atoms with E-state index in [0.29, 0.717) is 19.0 Å². The van der Waals surface area contributed by atoms with Crippen molar-refractivity contribution in [1.29, 1.82) is 0 Å². The first-order valence-electron chi connectivity index (χ1n) is 5.64. The Labute approximate surface area is 101 Å². The van der Waals surface area contributed by atoms with Gasteiger partial charge in [0.05, 0.1) is 25.6 Å². The Hall–Kier alpha value is -1.56. The van der Waals surface area contributed by atoms with Gasteiger partial charge in [0, 0.05) is 7.11 Å². The van der Waals surface area contributed by atoms with Crippen molar-refractivity contribution in [3.05, 3.63) is 12.0 Å². The topological polar surface area (TPSA) is 79.4 Å². The van der Waals surface area contributed by atoms with E-state index in [4.69, 9.17) is 15.2 Å². The largest absolute Gasteiger partial charge is 0.461 e. The Morgan fingerprint density at radius 3 is 2.82 bits per heavy atom. The highest BCUT2D eigenvalue weighted by atomic mass is 16.5. The number of methoxy groups -OCH3 is 1. The van der Waals surface area contributed by atoms with Crippen LogP contribution < -0.4 is 5.73 Å². The molecule has 0 aliphatic rings. The highest BCUT2D eigenvalue weighted by Crippen LogP contribution is 2.20. The summed E-state index contributed by atoms with van der Waals surface area (Å²) in [5.41, 5.74) is 6.05. The van der Waals surface area contributed by atoms with Crippen molar-refractivity contribution in [2.24, 2.45) is 0 Å². The van der Waals surface area contributed by atoms with Gasteiger partial charge in [-0.2, -0.15) is 0 Å². The monoisotopic (exact) mass is 241 g/mol. The van der Waals surface area contributed by atoms with Gasteiger partial charge in [-0.1, -0.05) is 6.92 Å². The van der Waals surface area contributed by atoms with Crippen LogP contribution in [0.15, 0.2) is 6.33 Å². The minimum Gasteiger partial charge on any atom is -0.461 e. The third-order valence-corrected chi connectivity index (χ3v) is 2.52. The number of hydrogen-bond donors (Lipinski definition) is 1. The smallest absolute Gasteiger partial charge is 0.360 e. The number of hydrogen-bond acceptors (Lipinski definition) is 5. The van der Waals surface area contributed by atoms with Crippen molar-refractivity contribution in [2.75, 3.05) is 26.1 Å². The molecule has 17 heavy (non-hydrogen) atoms. The molecule has 1 unspecified atom stereocenters. The van der Waals surface area contributed by atoms with E-state index < -0.39 is 5.97 Å². The van der Waals surface area contributed by atoms with Crippen LogP contribution in [0.4, 0.5) is 5.82 Å². The number of ether oxygens (including phenoxy) is 2. The molecule has 1 aromatic rings. The summed E-state index contributed by atoms with van der Waals surface area (Å²) < 4.78 is 11.7. The maximum absolute atomic E-state index is 11.5. The zero-order valence-electron chi connectivity index (χ0n) is 10.5. The zero-order chi connectivity index (χ0) is 12.8. The van der Waals surface area contributed by atoms with Gasteiger partial charge in [-0.3, -0.25) is 0 Å². The summed E-state index contributed by atoms with van der Waals surface area (Å²) in [6, 6.07) is 0.0793. The summed E-state index contributed by atoms with van der Waals surface area (Å²) in [4.78, 5) is 15.5. The fourth-order valence-corrected chi connectivity index (χ4v) is 1.61. The van der Waals surface area contributed by atoms with Crippen LogP contribution in [0.2, 0.25) is 0 Å². The molecule has 6 nitrogen and oxygen atoms in total. The van der Waals surface area contributed by atoms with Crippen molar-refractivity contribution in [1.82, 2.24) is 9.55 Å². The molecular formula is C11H19N3O3. The maximum atomic E-state index is 11.5. The Morgan fingerprint density at radius 2 is 2.29 bits per heavy atom. The van der Waals surface area contributed by atoms with Crippen LogP contribution in [0.3, 0.4) is 0 Å². The molecule has 1 heterocycles. The van der Waals surface area contributed by atoms with Crippen molar-refractivity contribution in [3.63, 3.8) is 0 Å². The SMILES string of the molecule is CCOC(=O)c1ncn(C(CC)COC)c1N. The zero-order valence-corrected chi connectivity index (χ0v) is 10.5. The average Bonchev–Trinajstić information content (AvgIpc) is 2.68. The molecule has 0 aliphatic heterocycles. The second-order valence-electron chi connectivity index (χ2n) is 3.62. The number of rotatable bonds is 6. The van der Waals surface area contributed by atoms with Crippen molar-refractivity contribution >= 4 is 11.8 Å². The molecule has 0 aliphatic carbocycles. The van der Waals surface area contributed by atoms with E-state index in [-0.39, 0.29) is 11.7 Å². The van der Waals surface area contributed by atoms with Gasteiger partial charge >= 0.3 is 5.97 Å². The number of anilines is 1. The minimum absolute atomic E-state index is 0.0793. The molecule has 6 heteroatoms. The van der Waals surface area contributed by atoms with Crippen LogP contribution in [0.25, 0.3) is 0 Å². The van der Waals surface area contributed by atoms with Gasteiger partial charge in [0.25, 0.3) is 0 Å². The van der Waals surface area contributed by atoms with Crippen molar-refractivity contribution < 1.29 is 14.3 Å². The van der Waals surface area contributed by atoms with Gasteiger partial charge < -0.3 is 19.8 Å². The summed E-state index contributed by atoms with van der Waals surface area (Å²) in [7, 11) is 1.63. The lowest BCUT2D eigenvalue weighted by molar-refractivity contribution is 0.0521. The predicted octanol–water partition coefficient (Wildman–Crippen LogP) is 1.24. The van der Waals surface area contributed by atoms with E-state index in [2.05, 4.69) is 4.98 Å². The van der Waals surface area contributed by atoms with Crippen LogP contribution in [-0.2, 0) is 9.47 Å². The number of esters is 1. The van der Waals surface area contributed by atoms with Gasteiger partial charge in [0.1, 0.15) is 5.82 Å². The third kappa shape index (κ3) is 2.97. The highest BCUT2D eigenvalue weighted by molar-refractivity contribution is 5.92. The van der Waals surface area contributed by atoms with Crippen LogP contribution in [0, 0.1) is 0 Å². The number of carbonyl (C=O) groups is 1. The quantitative estimate of drug-likeness (QED) is 0.758. The predicted molar refractivity (Wildman–Crippen MR) is 63.8 cm³/mol. The minimum atomic E-state index is -0.490. The van der Waals surface area contributed by atoms with Crippen LogP contribution in [0.1, 0.15) is 36.8 Å². The number of carbonyl (C=O) groups excluding carboxylic acids is 1. The van der Waals surface area contributed by atoms with Gasteiger partial charge in [-0.15, -0.1) is 0 Å². The fourth-order valence-electron chi connectivity index (χ4n) is 1.61. The molecule has 1 atom stereocenters. The number of aromatic nitrogens is 2. The maximum Gasteiger partial charge on any atom is 0.360 e. The molecule has 0 aromatic carbocycles. The van der Waals surface area contributed by atoms with Gasteiger partial charge in [-0.25, -0.2) is 9.78 Å². The lowest BCUT2D eigenvalue weighted by atomic mass is 10.2. The molecule has 0 fully saturated rings. The molecule has 1 rings (SSSR count). The van der Waals surface area contributed by atoms with Crippen molar-refractivity contribution in [3.8, 4) is 0 Å². The molecule has 96 valence electrons. The van der Waals surface area contributed by atoms with E-state index >= 15 is 0 Å². The second-order valence-corrected chi connectivity index (χ2v) is 3.62. The molecule has 0 saturated carbocycles. The Kier molecular flexibility index (Phi) is 4.96. The summed E-state index contributed by atoms with van der Waals surface area (Å²) in [5, 5.41) is 0. The van der Waals surface area contributed by atoms with Gasteiger partial charge in [0.2, 0.25) is 0 Å². The van der Waals surface area contributed by atoms with E-state index in [1.807, 2.05) is 6.92 Å². The summed E-state index contributed by atoms with van der Waals surface area (Å²) in [6.07, 6.45) is 2.39. The summed E-state index contributed by atoms with van der Waals surface area (Å²) in [5.74, 6) is -0.164. The molecule has 0 saturated heterocycles. The first-order chi connectivity index (χ1) is 8.15. The second kappa shape index (κ2) is 6.24. The molecule has 0 bridgehead atoms. The normalized spacial score (nSPS) is 12.4. The Bertz CT molecular complexity index is 376. The fraction of sp³-hybridized carbons (Fsp3) is 0.636. The standard InChI is InChI=1S/C11H19N3O3/c1-4-8(6-16-3)14-7-13-9(10(14)12)11(15)17-5-2/h7-8H,4-6,12H2,1-3H3. The average molecular weight is 241 g/mol. The number of nitrogen functional groups attached to an aromatic ring is 1. The third-order valence-electron chi connectivity index (χ3n) is 2.52. The molecule has 0 radical (unpaired) electrons. The first kappa shape index (κ1) is 13.5. The highest BCUT2D eigenvalue weighted by Gasteiger charge is 2.20. The van der Waals surface area contributed by atoms with Crippen LogP contribution in [-0.4, -0.2) is 35.8 Å². The molecule has 0 amide bonds. The van der Waals surface area contributed by atoms with Crippen LogP contribution in [0.5, 0.6) is 0 Å². The Balaban J connectivity index is 2.92. The van der Waals surface area contributed by atoms with E-state index in [0.717, 1.165) is 6.42 Å². The van der Waals surface area contributed by atoms with Crippen LogP contribution >= 0.6 is 0 Å². The van der Waals surface area contributed by atoms with Gasteiger partial charge in [0.15, 0.2) is 5.69 Å². The summed E-state index contributed by atoms with van der Waals surface area (Å²) >= 11 is 0. The molecule has 0 spiro atoms. The van der Waals surface area contributed by atoms with E-state index in [1.54, 1.807) is 24.9 Å². The van der Waals surface area contributed by atoms with E-state index in [9.17, 15) is 4.79 Å². The number of nitrogens with zero attached hydrogens (tertiary/aromatic N) is 2. The summed E-state index contributed by atoms with van der Waals surface area (Å²) in [6.45, 7) is 4.59. The number of imidazole rings is 1. The molecular weight excluding hydrogens is 222 g/mol. The first-order valence-corrected chi connectivity index (χ1v) is 5.64. The lowest BCUT2D eigenvalue weighted by Gasteiger charge is -2.16. The molecule has 2 N–H and O–H groups in total. The van der Waals surface area contributed by atoms with Gasteiger partial charge in [-0.05, 0) is 13.3 Å². The van der Waals surface area contributed by atoms with E-state index in [1.165, 1.54) is 0 Å². The Morgan fingerprint density at radius 1 is 1.59 bits per heavy atom.